The highest BCUT2D eigenvalue weighted by Gasteiger charge is 2.40. The second-order valence-corrected chi connectivity index (χ2v) is 5.95. The van der Waals surface area contributed by atoms with E-state index in [1.54, 1.807) is 0 Å². The molecule has 0 saturated heterocycles. The van der Waals surface area contributed by atoms with Crippen LogP contribution in [0.4, 0.5) is 0 Å². The number of halogens is 1. The normalized spacial score (nSPS) is 24.4. The first kappa shape index (κ1) is 12.0. The fraction of sp³-hybridized carbons (Fsp3) is 0.533. The van der Waals surface area contributed by atoms with Crippen molar-refractivity contribution in [2.45, 2.75) is 44.5 Å². The predicted octanol–water partition coefficient (Wildman–Crippen LogP) is 4.70. The summed E-state index contributed by atoms with van der Waals surface area (Å²) in [4.78, 5) is 4.70. The maximum absolute atomic E-state index is 6.29. The zero-order valence-electron chi connectivity index (χ0n) is 10.9. The number of benzene rings is 1. The molecule has 2 aromatic rings. The van der Waals surface area contributed by atoms with Gasteiger partial charge in [-0.15, -0.1) is 11.6 Å². The lowest BCUT2D eigenvalue weighted by molar-refractivity contribution is 0.597. The Hall–Kier alpha value is -1.02. The molecular weight excluding hydrogens is 244 g/mol. The van der Waals surface area contributed by atoms with Crippen molar-refractivity contribution in [2.24, 2.45) is 5.92 Å². The van der Waals surface area contributed by atoms with Gasteiger partial charge in [-0.1, -0.05) is 25.5 Å². The number of hydrogen-bond acceptors (Lipinski definition) is 1. The van der Waals surface area contributed by atoms with E-state index in [4.69, 9.17) is 16.6 Å². The van der Waals surface area contributed by atoms with Gasteiger partial charge < -0.3 is 4.57 Å². The van der Waals surface area contributed by atoms with Crippen LogP contribution in [-0.2, 0) is 0 Å². The molecule has 0 bridgehead atoms. The molecule has 1 aromatic carbocycles. The number of nitrogens with zero attached hydrogens (tertiary/aromatic N) is 2. The lowest BCUT2D eigenvalue weighted by Gasteiger charge is -2.10. The molecule has 2 nitrogen and oxygen atoms in total. The maximum Gasteiger partial charge on any atom is 0.127 e. The highest BCUT2D eigenvalue weighted by Crippen LogP contribution is 2.49. The van der Waals surface area contributed by atoms with E-state index in [9.17, 15) is 0 Å². The van der Waals surface area contributed by atoms with Crippen LogP contribution < -0.4 is 0 Å². The molecule has 18 heavy (non-hydrogen) atoms. The summed E-state index contributed by atoms with van der Waals surface area (Å²) in [7, 11) is 0. The molecule has 3 unspecified atom stereocenters. The van der Waals surface area contributed by atoms with Crippen molar-refractivity contribution in [1.29, 1.82) is 0 Å². The molecule has 96 valence electrons. The number of imidazole rings is 1. The third-order valence-electron chi connectivity index (χ3n) is 3.86. The molecule has 3 heteroatoms. The van der Waals surface area contributed by atoms with E-state index in [0.29, 0.717) is 6.04 Å². The van der Waals surface area contributed by atoms with Crippen molar-refractivity contribution in [3.8, 4) is 0 Å². The Bertz CT molecular complexity index is 559. The molecule has 0 aliphatic heterocycles. The van der Waals surface area contributed by atoms with E-state index in [-0.39, 0.29) is 5.38 Å². The Morgan fingerprint density at radius 2 is 2.22 bits per heavy atom. The van der Waals surface area contributed by atoms with Gasteiger partial charge in [0.2, 0.25) is 0 Å². The summed E-state index contributed by atoms with van der Waals surface area (Å²) in [5, 5.41) is -0.0275. The number of fused-ring (bicyclic) bond motifs is 1. The second-order valence-electron chi connectivity index (χ2n) is 5.30. The fourth-order valence-corrected chi connectivity index (χ4v) is 3.08. The SMILES string of the molecule is CCCC1CC1n1c(C(C)Cl)nc2ccccc21. The first-order valence-corrected chi connectivity index (χ1v) is 7.27. The Balaban J connectivity index is 2.06. The zero-order chi connectivity index (χ0) is 12.7. The molecule has 3 rings (SSSR count). The molecule has 1 fully saturated rings. The summed E-state index contributed by atoms with van der Waals surface area (Å²) in [6, 6.07) is 8.98. The van der Waals surface area contributed by atoms with Crippen molar-refractivity contribution in [3.05, 3.63) is 30.1 Å². The van der Waals surface area contributed by atoms with Gasteiger partial charge in [0.25, 0.3) is 0 Å². The van der Waals surface area contributed by atoms with Crippen LogP contribution in [0.5, 0.6) is 0 Å². The lowest BCUT2D eigenvalue weighted by Crippen LogP contribution is -2.03. The summed E-state index contributed by atoms with van der Waals surface area (Å²) in [6.45, 7) is 4.27. The number of para-hydroxylation sites is 2. The number of hydrogen-bond donors (Lipinski definition) is 0. The summed E-state index contributed by atoms with van der Waals surface area (Å²) >= 11 is 6.29. The molecule has 0 spiro atoms. The molecule has 1 saturated carbocycles. The van der Waals surface area contributed by atoms with E-state index in [2.05, 4.69) is 29.7 Å². The third kappa shape index (κ3) is 1.93. The standard InChI is InChI=1S/C15H19ClN2/c1-3-6-11-9-14(11)18-13-8-5-4-7-12(13)17-15(18)10(2)16/h4-5,7-8,10-11,14H,3,6,9H2,1-2H3. The Kier molecular flexibility index (Phi) is 3.06. The Morgan fingerprint density at radius 3 is 2.94 bits per heavy atom. The molecule has 1 aliphatic rings. The largest absolute Gasteiger partial charge is 0.323 e. The molecule has 1 aliphatic carbocycles. The van der Waals surface area contributed by atoms with Crippen molar-refractivity contribution < 1.29 is 0 Å². The Morgan fingerprint density at radius 1 is 1.44 bits per heavy atom. The molecule has 0 N–H and O–H groups in total. The van der Waals surface area contributed by atoms with Crippen LogP contribution >= 0.6 is 11.6 Å². The van der Waals surface area contributed by atoms with E-state index in [1.165, 1.54) is 24.8 Å². The van der Waals surface area contributed by atoms with Gasteiger partial charge >= 0.3 is 0 Å². The van der Waals surface area contributed by atoms with Crippen LogP contribution in [0.3, 0.4) is 0 Å². The highest BCUT2D eigenvalue weighted by molar-refractivity contribution is 6.20. The minimum Gasteiger partial charge on any atom is -0.323 e. The van der Waals surface area contributed by atoms with Crippen LogP contribution in [0.15, 0.2) is 24.3 Å². The molecule has 1 aromatic heterocycles. The van der Waals surface area contributed by atoms with Crippen LogP contribution in [0, 0.1) is 5.92 Å². The van der Waals surface area contributed by atoms with Gasteiger partial charge in [0.1, 0.15) is 5.82 Å². The summed E-state index contributed by atoms with van der Waals surface area (Å²) in [5.74, 6) is 1.85. The second kappa shape index (κ2) is 4.58. The van der Waals surface area contributed by atoms with Crippen molar-refractivity contribution >= 4 is 22.6 Å². The molecule has 3 atom stereocenters. The molecule has 0 amide bonds. The van der Waals surface area contributed by atoms with Crippen molar-refractivity contribution in [1.82, 2.24) is 9.55 Å². The van der Waals surface area contributed by atoms with E-state index in [0.717, 1.165) is 17.3 Å². The summed E-state index contributed by atoms with van der Waals surface area (Å²) < 4.78 is 2.38. The average Bonchev–Trinajstić information content (AvgIpc) is 3.00. The minimum absolute atomic E-state index is 0.0275. The predicted molar refractivity (Wildman–Crippen MR) is 76.1 cm³/mol. The minimum atomic E-state index is -0.0275. The van der Waals surface area contributed by atoms with Gasteiger partial charge in [-0.05, 0) is 37.8 Å². The van der Waals surface area contributed by atoms with Crippen LogP contribution in [0.25, 0.3) is 11.0 Å². The molecule has 1 heterocycles. The van der Waals surface area contributed by atoms with Crippen LogP contribution in [-0.4, -0.2) is 9.55 Å². The van der Waals surface area contributed by atoms with Gasteiger partial charge in [-0.2, -0.15) is 0 Å². The number of alkyl halides is 1. The first-order chi connectivity index (χ1) is 8.72. The van der Waals surface area contributed by atoms with E-state index >= 15 is 0 Å². The van der Waals surface area contributed by atoms with E-state index < -0.39 is 0 Å². The van der Waals surface area contributed by atoms with E-state index in [1.807, 2.05) is 13.0 Å². The maximum atomic E-state index is 6.29. The van der Waals surface area contributed by atoms with Crippen LogP contribution in [0.2, 0.25) is 0 Å². The van der Waals surface area contributed by atoms with Gasteiger partial charge in [0, 0.05) is 6.04 Å². The smallest absolute Gasteiger partial charge is 0.127 e. The highest BCUT2D eigenvalue weighted by atomic mass is 35.5. The monoisotopic (exact) mass is 262 g/mol. The zero-order valence-corrected chi connectivity index (χ0v) is 11.7. The fourth-order valence-electron chi connectivity index (χ4n) is 2.92. The topological polar surface area (TPSA) is 17.8 Å². The average molecular weight is 263 g/mol. The van der Waals surface area contributed by atoms with Gasteiger partial charge in [0.15, 0.2) is 0 Å². The summed E-state index contributed by atoms with van der Waals surface area (Å²) in [6.07, 6.45) is 3.86. The quantitative estimate of drug-likeness (QED) is 0.731. The number of rotatable bonds is 4. The van der Waals surface area contributed by atoms with Gasteiger partial charge in [-0.25, -0.2) is 4.98 Å². The molecular formula is C15H19ClN2. The lowest BCUT2D eigenvalue weighted by atomic mass is 10.2. The molecule has 0 radical (unpaired) electrons. The summed E-state index contributed by atoms with van der Waals surface area (Å²) in [5.41, 5.74) is 2.31. The first-order valence-electron chi connectivity index (χ1n) is 6.83. The van der Waals surface area contributed by atoms with Crippen molar-refractivity contribution in [3.63, 3.8) is 0 Å². The third-order valence-corrected chi connectivity index (χ3v) is 4.05. The number of aromatic nitrogens is 2. The van der Waals surface area contributed by atoms with Gasteiger partial charge in [-0.3, -0.25) is 0 Å². The Labute approximate surface area is 113 Å². The van der Waals surface area contributed by atoms with Crippen LogP contribution in [0.1, 0.15) is 50.4 Å². The van der Waals surface area contributed by atoms with Crippen molar-refractivity contribution in [2.75, 3.05) is 0 Å². The van der Waals surface area contributed by atoms with Gasteiger partial charge in [0.05, 0.1) is 16.4 Å².